The van der Waals surface area contributed by atoms with Gasteiger partial charge in [0.1, 0.15) is 5.82 Å². The second-order valence-electron chi connectivity index (χ2n) is 5.67. The van der Waals surface area contributed by atoms with Crippen molar-refractivity contribution < 1.29 is 14.3 Å². The summed E-state index contributed by atoms with van der Waals surface area (Å²) in [5, 5.41) is 5.94. The van der Waals surface area contributed by atoms with Gasteiger partial charge in [-0.15, -0.1) is 0 Å². The normalized spacial score (nSPS) is 10.1. The second-order valence-corrected chi connectivity index (χ2v) is 5.67. The Morgan fingerprint density at radius 1 is 1.00 bits per heavy atom. The third-order valence-electron chi connectivity index (χ3n) is 3.79. The van der Waals surface area contributed by atoms with Gasteiger partial charge in [0.05, 0.1) is 12.7 Å². The molecule has 0 unspecified atom stereocenters. The molecule has 0 bridgehead atoms. The topological polar surface area (TPSA) is 93.2 Å². The Morgan fingerprint density at radius 3 is 2.59 bits per heavy atom. The standard InChI is InChI=1S/C20H18N4O3/c1-27-20(26)16-3-2-4-17(11-16)24-19(25)15-7-10-22-18(12-15)23-13-14-5-8-21-9-6-14/h2-12H,13H2,1H3,(H,22,23)(H,24,25). The molecule has 3 rings (SSSR count). The molecule has 2 aromatic heterocycles. The number of amides is 1. The first-order valence-electron chi connectivity index (χ1n) is 8.24. The molecule has 2 N–H and O–H groups in total. The number of benzene rings is 1. The minimum absolute atomic E-state index is 0.300. The number of hydrogen-bond donors (Lipinski definition) is 2. The highest BCUT2D eigenvalue weighted by Gasteiger charge is 2.10. The van der Waals surface area contributed by atoms with Gasteiger partial charge in [0.25, 0.3) is 5.91 Å². The Labute approximate surface area is 156 Å². The highest BCUT2D eigenvalue weighted by atomic mass is 16.5. The lowest BCUT2D eigenvalue weighted by atomic mass is 10.2. The minimum Gasteiger partial charge on any atom is -0.465 e. The lowest BCUT2D eigenvalue weighted by Gasteiger charge is -2.09. The minimum atomic E-state index is -0.461. The molecule has 3 aromatic rings. The number of pyridine rings is 2. The summed E-state index contributed by atoms with van der Waals surface area (Å²) in [6, 6.07) is 13.7. The van der Waals surface area contributed by atoms with E-state index in [0.717, 1.165) is 5.56 Å². The van der Waals surface area contributed by atoms with Crippen molar-refractivity contribution in [2.24, 2.45) is 0 Å². The summed E-state index contributed by atoms with van der Waals surface area (Å²) in [5.74, 6) is -0.174. The molecule has 1 aromatic carbocycles. The van der Waals surface area contributed by atoms with Crippen molar-refractivity contribution in [3.63, 3.8) is 0 Å². The molecule has 0 fully saturated rings. The fraction of sp³-hybridized carbons (Fsp3) is 0.100. The zero-order valence-corrected chi connectivity index (χ0v) is 14.7. The van der Waals surface area contributed by atoms with E-state index in [4.69, 9.17) is 0 Å². The Hall–Kier alpha value is -3.74. The van der Waals surface area contributed by atoms with Crippen LogP contribution < -0.4 is 10.6 Å². The molecule has 7 nitrogen and oxygen atoms in total. The molecule has 0 radical (unpaired) electrons. The molecular formula is C20H18N4O3. The third-order valence-corrected chi connectivity index (χ3v) is 3.79. The molecule has 7 heteroatoms. The first-order valence-corrected chi connectivity index (χ1v) is 8.24. The van der Waals surface area contributed by atoms with Crippen molar-refractivity contribution in [2.45, 2.75) is 6.54 Å². The number of nitrogens with zero attached hydrogens (tertiary/aromatic N) is 2. The number of anilines is 2. The zero-order valence-electron chi connectivity index (χ0n) is 14.7. The summed E-state index contributed by atoms with van der Waals surface area (Å²) in [5.41, 5.74) is 2.38. The average molecular weight is 362 g/mol. The van der Waals surface area contributed by atoms with Gasteiger partial charge >= 0.3 is 5.97 Å². The van der Waals surface area contributed by atoms with Crippen LogP contribution in [0.3, 0.4) is 0 Å². The van der Waals surface area contributed by atoms with Gasteiger partial charge in [0.2, 0.25) is 0 Å². The van der Waals surface area contributed by atoms with Crippen LogP contribution in [0.25, 0.3) is 0 Å². The van der Waals surface area contributed by atoms with E-state index in [9.17, 15) is 9.59 Å². The van der Waals surface area contributed by atoms with Crippen LogP contribution in [0.1, 0.15) is 26.3 Å². The lowest BCUT2D eigenvalue weighted by Crippen LogP contribution is -2.13. The van der Waals surface area contributed by atoms with Crippen molar-refractivity contribution >= 4 is 23.4 Å². The van der Waals surface area contributed by atoms with Gasteiger partial charge in [-0.1, -0.05) is 6.07 Å². The van der Waals surface area contributed by atoms with Crippen LogP contribution in [0, 0.1) is 0 Å². The van der Waals surface area contributed by atoms with Crippen LogP contribution in [0.5, 0.6) is 0 Å². The molecule has 0 saturated carbocycles. The van der Waals surface area contributed by atoms with Gasteiger partial charge in [-0.05, 0) is 48.0 Å². The van der Waals surface area contributed by atoms with Crippen LogP contribution >= 0.6 is 0 Å². The molecule has 27 heavy (non-hydrogen) atoms. The average Bonchev–Trinajstić information content (AvgIpc) is 2.73. The van der Waals surface area contributed by atoms with Gasteiger partial charge in [-0.2, -0.15) is 0 Å². The fourth-order valence-electron chi connectivity index (χ4n) is 2.41. The molecule has 0 spiro atoms. The molecule has 1 amide bonds. The van der Waals surface area contributed by atoms with Crippen LogP contribution in [0.2, 0.25) is 0 Å². The number of esters is 1. The maximum atomic E-state index is 12.5. The Balaban J connectivity index is 1.67. The molecule has 0 saturated heterocycles. The number of carbonyl (C=O) groups is 2. The van der Waals surface area contributed by atoms with Crippen molar-refractivity contribution in [2.75, 3.05) is 17.7 Å². The number of methoxy groups -OCH3 is 1. The maximum Gasteiger partial charge on any atom is 0.337 e. The smallest absolute Gasteiger partial charge is 0.337 e. The third kappa shape index (κ3) is 4.88. The molecule has 136 valence electrons. The van der Waals surface area contributed by atoms with E-state index in [1.165, 1.54) is 7.11 Å². The van der Waals surface area contributed by atoms with Gasteiger partial charge < -0.3 is 15.4 Å². The molecule has 0 aliphatic heterocycles. The molecule has 0 aliphatic rings. The van der Waals surface area contributed by atoms with Gasteiger partial charge in [0, 0.05) is 36.4 Å². The Kier molecular flexibility index (Phi) is 5.73. The number of aromatic nitrogens is 2. The quantitative estimate of drug-likeness (QED) is 0.655. The SMILES string of the molecule is COC(=O)c1cccc(NC(=O)c2ccnc(NCc3ccncc3)c2)c1. The van der Waals surface area contributed by atoms with E-state index in [0.29, 0.717) is 29.2 Å². The number of rotatable bonds is 6. The van der Waals surface area contributed by atoms with E-state index < -0.39 is 5.97 Å². The molecule has 0 atom stereocenters. The first-order chi connectivity index (χ1) is 13.2. The largest absolute Gasteiger partial charge is 0.465 e. The number of carbonyl (C=O) groups excluding carboxylic acids is 2. The zero-order chi connectivity index (χ0) is 19.1. The number of ether oxygens (including phenoxy) is 1. The monoisotopic (exact) mass is 362 g/mol. The van der Waals surface area contributed by atoms with E-state index >= 15 is 0 Å². The molecular weight excluding hydrogens is 344 g/mol. The predicted molar refractivity (Wildman–Crippen MR) is 102 cm³/mol. The van der Waals surface area contributed by atoms with Crippen LogP contribution in [-0.2, 0) is 11.3 Å². The predicted octanol–water partition coefficient (Wildman–Crippen LogP) is 3.13. The summed E-state index contributed by atoms with van der Waals surface area (Å²) in [6.07, 6.45) is 5.00. The Bertz CT molecular complexity index is 945. The van der Waals surface area contributed by atoms with E-state index in [1.54, 1.807) is 55.0 Å². The van der Waals surface area contributed by atoms with Crippen LogP contribution in [0.4, 0.5) is 11.5 Å². The summed E-state index contributed by atoms with van der Waals surface area (Å²) >= 11 is 0. The molecule has 2 heterocycles. The summed E-state index contributed by atoms with van der Waals surface area (Å²) in [4.78, 5) is 32.3. The second kappa shape index (κ2) is 8.57. The highest BCUT2D eigenvalue weighted by molar-refractivity contribution is 6.05. The number of hydrogen-bond acceptors (Lipinski definition) is 6. The Morgan fingerprint density at radius 2 is 1.81 bits per heavy atom. The van der Waals surface area contributed by atoms with Crippen molar-refractivity contribution in [1.29, 1.82) is 0 Å². The fourth-order valence-corrected chi connectivity index (χ4v) is 2.41. The van der Waals surface area contributed by atoms with E-state index in [-0.39, 0.29) is 5.91 Å². The maximum absolute atomic E-state index is 12.5. The number of nitrogens with one attached hydrogen (secondary N) is 2. The molecule has 0 aliphatic carbocycles. The van der Waals surface area contributed by atoms with Crippen molar-refractivity contribution in [3.05, 3.63) is 83.8 Å². The highest BCUT2D eigenvalue weighted by Crippen LogP contribution is 2.15. The van der Waals surface area contributed by atoms with Gasteiger partial charge in [0.15, 0.2) is 0 Å². The van der Waals surface area contributed by atoms with Gasteiger partial charge in [-0.25, -0.2) is 9.78 Å². The summed E-state index contributed by atoms with van der Waals surface area (Å²) in [7, 11) is 1.31. The summed E-state index contributed by atoms with van der Waals surface area (Å²) < 4.78 is 4.69. The van der Waals surface area contributed by atoms with Crippen molar-refractivity contribution in [3.8, 4) is 0 Å². The van der Waals surface area contributed by atoms with E-state index in [2.05, 4.69) is 25.3 Å². The first kappa shape index (κ1) is 18.1. The van der Waals surface area contributed by atoms with Gasteiger partial charge in [-0.3, -0.25) is 9.78 Å². The van der Waals surface area contributed by atoms with E-state index in [1.807, 2.05) is 12.1 Å². The van der Waals surface area contributed by atoms with Crippen LogP contribution in [-0.4, -0.2) is 29.0 Å². The summed E-state index contributed by atoms with van der Waals surface area (Å²) in [6.45, 7) is 0.571. The lowest BCUT2D eigenvalue weighted by molar-refractivity contribution is 0.0600. The van der Waals surface area contributed by atoms with Crippen molar-refractivity contribution in [1.82, 2.24) is 9.97 Å². The van der Waals surface area contributed by atoms with Crippen LogP contribution in [0.15, 0.2) is 67.1 Å².